The van der Waals surface area contributed by atoms with Crippen LogP contribution in [0.2, 0.25) is 0 Å². The van der Waals surface area contributed by atoms with E-state index in [2.05, 4.69) is 27.2 Å². The lowest BCUT2D eigenvalue weighted by molar-refractivity contribution is -0.121. The summed E-state index contributed by atoms with van der Waals surface area (Å²) >= 11 is 0. The van der Waals surface area contributed by atoms with Crippen LogP contribution in [0.25, 0.3) is 33.4 Å². The van der Waals surface area contributed by atoms with Crippen LogP contribution in [0.15, 0.2) is 55.0 Å². The Kier molecular flexibility index (Phi) is 5.98. The normalized spacial score (nSPS) is 14.9. The molecule has 8 nitrogen and oxygen atoms in total. The van der Waals surface area contributed by atoms with Gasteiger partial charge in [0.2, 0.25) is 5.91 Å². The molecule has 1 aliphatic heterocycles. The molecule has 0 bridgehead atoms. The van der Waals surface area contributed by atoms with Crippen LogP contribution < -0.4 is 10.1 Å². The minimum absolute atomic E-state index is 0.00824. The Morgan fingerprint density at radius 2 is 1.82 bits per heavy atom. The number of hydrogen-bond donors (Lipinski definition) is 1. The smallest absolute Gasteiger partial charge is 0.227 e. The lowest BCUT2D eigenvalue weighted by Gasteiger charge is -2.28. The second-order valence-electron chi connectivity index (χ2n) is 8.79. The lowest BCUT2D eigenvalue weighted by Crippen LogP contribution is -2.35. The summed E-state index contributed by atoms with van der Waals surface area (Å²) < 4.78 is 7.39. The maximum atomic E-state index is 13.0. The first-order valence-electron chi connectivity index (χ1n) is 11.4. The second kappa shape index (κ2) is 9.23. The number of fused-ring (bicyclic) bond motifs is 1. The van der Waals surface area contributed by atoms with Crippen molar-refractivity contribution in [1.82, 2.24) is 24.6 Å². The molecule has 5 rings (SSSR count). The standard InChI is InChI=1S/C26H28N6O2/c1-31-11-9-18(10-12-31)26(33)29-22-13-19-21(14-23(22)34-3)27-16-28-25(19)20-15-32(2)30-24(20)17-7-5-4-6-8-17/h4-8,13-16,18H,9-12H2,1-3H3,(H,29,33). The molecule has 0 aliphatic carbocycles. The lowest BCUT2D eigenvalue weighted by atomic mass is 9.96. The zero-order valence-corrected chi connectivity index (χ0v) is 19.7. The summed E-state index contributed by atoms with van der Waals surface area (Å²) in [4.78, 5) is 24.4. The molecule has 34 heavy (non-hydrogen) atoms. The molecule has 8 heteroatoms. The van der Waals surface area contributed by atoms with Crippen molar-refractivity contribution in [2.75, 3.05) is 32.6 Å². The Bertz CT molecular complexity index is 1330. The molecule has 174 valence electrons. The summed E-state index contributed by atoms with van der Waals surface area (Å²) in [6.07, 6.45) is 5.21. The minimum atomic E-state index is -0.00824. The number of hydrogen-bond acceptors (Lipinski definition) is 6. The van der Waals surface area contributed by atoms with E-state index in [-0.39, 0.29) is 11.8 Å². The number of ether oxygens (including phenoxy) is 1. The van der Waals surface area contributed by atoms with Gasteiger partial charge in [-0.1, -0.05) is 30.3 Å². The minimum Gasteiger partial charge on any atom is -0.494 e. The van der Waals surface area contributed by atoms with Gasteiger partial charge in [-0.15, -0.1) is 0 Å². The van der Waals surface area contributed by atoms with Gasteiger partial charge in [0.1, 0.15) is 17.8 Å². The number of nitrogens with zero attached hydrogens (tertiary/aromatic N) is 5. The molecule has 0 spiro atoms. The molecule has 0 atom stereocenters. The maximum Gasteiger partial charge on any atom is 0.227 e. The number of benzene rings is 2. The number of aromatic nitrogens is 4. The third kappa shape index (κ3) is 4.24. The molecule has 4 aromatic rings. The summed E-state index contributed by atoms with van der Waals surface area (Å²) in [5.74, 6) is 0.592. The molecular formula is C26H28N6O2. The molecule has 2 aromatic heterocycles. The van der Waals surface area contributed by atoms with Crippen molar-refractivity contribution < 1.29 is 9.53 Å². The third-order valence-corrected chi connectivity index (χ3v) is 6.43. The summed E-state index contributed by atoms with van der Waals surface area (Å²) in [6, 6.07) is 13.8. The Labute approximate surface area is 198 Å². The van der Waals surface area contributed by atoms with E-state index in [0.29, 0.717) is 11.4 Å². The number of amides is 1. The van der Waals surface area contributed by atoms with Crippen molar-refractivity contribution in [3.05, 3.63) is 55.0 Å². The average Bonchev–Trinajstić information content (AvgIpc) is 3.25. The molecule has 1 saturated heterocycles. The van der Waals surface area contributed by atoms with Gasteiger partial charge in [-0.2, -0.15) is 5.10 Å². The van der Waals surface area contributed by atoms with Gasteiger partial charge in [-0.25, -0.2) is 9.97 Å². The topological polar surface area (TPSA) is 85.2 Å². The van der Waals surface area contributed by atoms with Gasteiger partial charge in [-0.3, -0.25) is 9.48 Å². The first kappa shape index (κ1) is 22.0. The van der Waals surface area contributed by atoms with Gasteiger partial charge in [-0.05, 0) is 39.0 Å². The van der Waals surface area contributed by atoms with E-state index < -0.39 is 0 Å². The SMILES string of the molecule is COc1cc2ncnc(-c3cn(C)nc3-c3ccccc3)c2cc1NC(=O)C1CCN(C)CC1. The van der Waals surface area contributed by atoms with Gasteiger partial charge >= 0.3 is 0 Å². The number of carbonyl (C=O) groups excluding carboxylic acids is 1. The Hall–Kier alpha value is -3.78. The molecule has 0 saturated carbocycles. The number of methoxy groups -OCH3 is 1. The number of anilines is 1. The van der Waals surface area contributed by atoms with Gasteiger partial charge in [0, 0.05) is 41.7 Å². The van der Waals surface area contributed by atoms with E-state index in [0.717, 1.165) is 59.3 Å². The molecule has 3 heterocycles. The number of likely N-dealkylation sites (tertiary alicyclic amines) is 1. The summed E-state index contributed by atoms with van der Waals surface area (Å²) in [5.41, 5.74) is 4.88. The van der Waals surface area contributed by atoms with E-state index in [9.17, 15) is 4.79 Å². The predicted molar refractivity (Wildman–Crippen MR) is 133 cm³/mol. The van der Waals surface area contributed by atoms with E-state index >= 15 is 0 Å². The second-order valence-corrected chi connectivity index (χ2v) is 8.79. The molecule has 1 N–H and O–H groups in total. The molecular weight excluding hydrogens is 428 g/mol. The first-order valence-corrected chi connectivity index (χ1v) is 11.4. The molecule has 2 aromatic carbocycles. The zero-order chi connectivity index (χ0) is 23.7. The fourth-order valence-electron chi connectivity index (χ4n) is 4.54. The Morgan fingerprint density at radius 3 is 2.56 bits per heavy atom. The highest BCUT2D eigenvalue weighted by Gasteiger charge is 2.25. The first-order chi connectivity index (χ1) is 16.5. The van der Waals surface area contributed by atoms with Crippen LogP contribution in [0, 0.1) is 5.92 Å². The van der Waals surface area contributed by atoms with Crippen molar-refractivity contribution in [2.45, 2.75) is 12.8 Å². The van der Waals surface area contributed by atoms with Gasteiger partial charge < -0.3 is 15.0 Å². The molecule has 1 fully saturated rings. The van der Waals surface area contributed by atoms with Crippen LogP contribution in [0.4, 0.5) is 5.69 Å². The number of carbonyl (C=O) groups is 1. The summed E-state index contributed by atoms with van der Waals surface area (Å²) in [5, 5.41) is 8.63. The van der Waals surface area contributed by atoms with Gasteiger partial charge in [0.05, 0.1) is 24.0 Å². The van der Waals surface area contributed by atoms with Crippen molar-refractivity contribution in [2.24, 2.45) is 13.0 Å². The fourth-order valence-corrected chi connectivity index (χ4v) is 4.54. The zero-order valence-electron chi connectivity index (χ0n) is 19.7. The van der Waals surface area contributed by atoms with Crippen LogP contribution in [0.5, 0.6) is 5.75 Å². The van der Waals surface area contributed by atoms with Crippen molar-refractivity contribution >= 4 is 22.5 Å². The average molecular weight is 457 g/mol. The van der Waals surface area contributed by atoms with Crippen molar-refractivity contribution in [3.8, 4) is 28.3 Å². The maximum absolute atomic E-state index is 13.0. The van der Waals surface area contributed by atoms with Crippen LogP contribution in [-0.2, 0) is 11.8 Å². The summed E-state index contributed by atoms with van der Waals surface area (Å²) in [6.45, 7) is 1.85. The van der Waals surface area contributed by atoms with Crippen molar-refractivity contribution in [3.63, 3.8) is 0 Å². The van der Waals surface area contributed by atoms with Gasteiger partial charge in [0.15, 0.2) is 0 Å². The van der Waals surface area contributed by atoms with E-state index in [1.807, 2.05) is 55.7 Å². The third-order valence-electron chi connectivity index (χ3n) is 6.43. The molecule has 0 radical (unpaired) electrons. The number of rotatable bonds is 5. The van der Waals surface area contributed by atoms with Crippen LogP contribution in [0.3, 0.4) is 0 Å². The van der Waals surface area contributed by atoms with E-state index in [1.165, 1.54) is 0 Å². The van der Waals surface area contributed by atoms with E-state index in [1.54, 1.807) is 18.1 Å². The summed E-state index contributed by atoms with van der Waals surface area (Å²) in [7, 11) is 5.59. The Morgan fingerprint density at radius 1 is 1.06 bits per heavy atom. The fraction of sp³-hybridized carbons (Fsp3) is 0.308. The number of piperidine rings is 1. The molecule has 0 unspecified atom stereocenters. The molecule has 1 aliphatic rings. The number of nitrogens with one attached hydrogen (secondary N) is 1. The predicted octanol–water partition coefficient (Wildman–Crippen LogP) is 3.99. The highest BCUT2D eigenvalue weighted by Crippen LogP contribution is 2.37. The van der Waals surface area contributed by atoms with E-state index in [4.69, 9.17) is 9.84 Å². The monoisotopic (exact) mass is 456 g/mol. The van der Waals surface area contributed by atoms with Crippen molar-refractivity contribution in [1.29, 1.82) is 0 Å². The Balaban J connectivity index is 1.57. The number of aryl methyl sites for hydroxylation is 1. The highest BCUT2D eigenvalue weighted by molar-refractivity contribution is 6.02. The van der Waals surface area contributed by atoms with Crippen LogP contribution in [0.1, 0.15) is 12.8 Å². The van der Waals surface area contributed by atoms with Crippen LogP contribution >= 0.6 is 0 Å². The largest absolute Gasteiger partial charge is 0.494 e. The highest BCUT2D eigenvalue weighted by atomic mass is 16.5. The molecule has 1 amide bonds. The van der Waals surface area contributed by atoms with Crippen LogP contribution in [-0.4, -0.2) is 57.8 Å². The van der Waals surface area contributed by atoms with Gasteiger partial charge in [0.25, 0.3) is 0 Å². The quantitative estimate of drug-likeness (QED) is 0.489.